The number of aliphatic carboxylic acids is 1. The number of ether oxygens (including phenoxy) is 2. The van der Waals surface area contributed by atoms with Crippen LogP contribution in [0.3, 0.4) is 0 Å². The number of halogens is 1. The van der Waals surface area contributed by atoms with Gasteiger partial charge in [-0.05, 0) is 61.9 Å². The van der Waals surface area contributed by atoms with E-state index in [9.17, 15) is 4.79 Å². The first kappa shape index (κ1) is 19.1. The highest BCUT2D eigenvalue weighted by atomic mass is 35.5. The van der Waals surface area contributed by atoms with Crippen LogP contribution in [0.2, 0.25) is 5.02 Å². The van der Waals surface area contributed by atoms with Crippen molar-refractivity contribution in [1.29, 1.82) is 0 Å². The van der Waals surface area contributed by atoms with Crippen LogP contribution in [0.5, 0.6) is 11.5 Å². The Labute approximate surface area is 170 Å². The molecular weight excluding hydrogens is 376 g/mol. The normalized spacial score (nSPS) is 17.9. The van der Waals surface area contributed by atoms with E-state index in [1.165, 1.54) is 18.4 Å². The molecule has 2 aliphatic rings. The highest BCUT2D eigenvalue weighted by Crippen LogP contribution is 2.47. The molecule has 4 rings (SSSR count). The zero-order chi connectivity index (χ0) is 19.7. The second-order valence-corrected chi connectivity index (χ2v) is 8.53. The van der Waals surface area contributed by atoms with Gasteiger partial charge in [0.1, 0.15) is 23.7 Å². The molecule has 0 bridgehead atoms. The Morgan fingerprint density at radius 2 is 1.96 bits per heavy atom. The van der Waals surface area contributed by atoms with E-state index >= 15 is 0 Å². The van der Waals surface area contributed by atoms with E-state index in [1.807, 2.05) is 36.4 Å². The zero-order valence-electron chi connectivity index (χ0n) is 16.0. The zero-order valence-corrected chi connectivity index (χ0v) is 16.8. The van der Waals surface area contributed by atoms with Crippen molar-refractivity contribution in [2.45, 2.75) is 57.7 Å². The molecule has 1 heterocycles. The van der Waals surface area contributed by atoms with E-state index in [1.54, 1.807) is 6.92 Å². The summed E-state index contributed by atoms with van der Waals surface area (Å²) in [6, 6.07) is 11.5. The van der Waals surface area contributed by atoms with Gasteiger partial charge in [0, 0.05) is 22.6 Å². The summed E-state index contributed by atoms with van der Waals surface area (Å²) in [5.41, 5.74) is 3.11. The number of carboxylic acids is 1. The number of carboxylic acid groups (broad SMARTS) is 1. The van der Waals surface area contributed by atoms with Gasteiger partial charge >= 0.3 is 5.97 Å². The predicted molar refractivity (Wildman–Crippen MR) is 108 cm³/mol. The van der Waals surface area contributed by atoms with Crippen molar-refractivity contribution in [3.05, 3.63) is 58.1 Å². The Bertz CT molecular complexity index is 869. The van der Waals surface area contributed by atoms with Crippen LogP contribution in [-0.2, 0) is 24.2 Å². The second kappa shape index (κ2) is 7.67. The molecule has 1 fully saturated rings. The Morgan fingerprint density at radius 3 is 2.64 bits per heavy atom. The van der Waals surface area contributed by atoms with Gasteiger partial charge in [0.05, 0.1) is 5.92 Å². The quantitative estimate of drug-likeness (QED) is 0.702. The number of rotatable bonds is 6. The van der Waals surface area contributed by atoms with Crippen molar-refractivity contribution in [2.75, 3.05) is 0 Å². The third kappa shape index (κ3) is 3.97. The molecule has 1 spiro atoms. The second-order valence-electron chi connectivity index (χ2n) is 8.10. The van der Waals surface area contributed by atoms with Gasteiger partial charge in [-0.1, -0.05) is 30.7 Å². The molecule has 28 heavy (non-hydrogen) atoms. The minimum atomic E-state index is -0.782. The first-order chi connectivity index (χ1) is 13.4. The molecule has 5 heteroatoms. The van der Waals surface area contributed by atoms with Gasteiger partial charge in [-0.3, -0.25) is 4.79 Å². The fourth-order valence-electron chi connectivity index (χ4n) is 4.30. The van der Waals surface area contributed by atoms with Gasteiger partial charge in [-0.2, -0.15) is 0 Å². The van der Waals surface area contributed by atoms with E-state index in [0.29, 0.717) is 18.1 Å². The maximum absolute atomic E-state index is 11.0. The van der Waals surface area contributed by atoms with Crippen molar-refractivity contribution in [3.63, 3.8) is 0 Å². The van der Waals surface area contributed by atoms with Gasteiger partial charge < -0.3 is 14.6 Å². The molecule has 0 aromatic heterocycles. The average Bonchev–Trinajstić information content (AvgIpc) is 3.27. The van der Waals surface area contributed by atoms with E-state index in [2.05, 4.69) is 0 Å². The number of carbonyl (C=O) groups is 1. The van der Waals surface area contributed by atoms with Crippen molar-refractivity contribution in [1.82, 2.24) is 0 Å². The molecule has 1 aliphatic heterocycles. The van der Waals surface area contributed by atoms with Gasteiger partial charge in [-0.25, -0.2) is 0 Å². The molecule has 1 aliphatic carbocycles. The molecule has 0 saturated heterocycles. The topological polar surface area (TPSA) is 55.8 Å². The molecule has 1 saturated carbocycles. The lowest BCUT2D eigenvalue weighted by Crippen LogP contribution is -2.30. The third-order valence-corrected chi connectivity index (χ3v) is 6.05. The highest BCUT2D eigenvalue weighted by molar-refractivity contribution is 6.30. The maximum Gasteiger partial charge on any atom is 0.306 e. The van der Waals surface area contributed by atoms with Crippen molar-refractivity contribution >= 4 is 17.6 Å². The summed E-state index contributed by atoms with van der Waals surface area (Å²) in [5.74, 6) is 0.503. The molecule has 148 valence electrons. The average molecular weight is 401 g/mol. The summed E-state index contributed by atoms with van der Waals surface area (Å²) in [7, 11) is 0. The minimum absolute atomic E-state index is 0.0375. The molecule has 4 nitrogen and oxygen atoms in total. The lowest BCUT2D eigenvalue weighted by molar-refractivity contribution is -0.141. The molecule has 0 amide bonds. The summed E-state index contributed by atoms with van der Waals surface area (Å²) in [4.78, 5) is 11.0. The van der Waals surface area contributed by atoms with Crippen LogP contribution in [0, 0.1) is 5.92 Å². The summed E-state index contributed by atoms with van der Waals surface area (Å²) < 4.78 is 12.4. The van der Waals surface area contributed by atoms with Gasteiger partial charge in [0.15, 0.2) is 0 Å². The molecule has 1 unspecified atom stereocenters. The monoisotopic (exact) mass is 400 g/mol. The number of hydrogen-bond acceptors (Lipinski definition) is 3. The van der Waals surface area contributed by atoms with Crippen LogP contribution in [0.1, 0.15) is 49.3 Å². The van der Waals surface area contributed by atoms with E-state index in [0.717, 1.165) is 41.9 Å². The lowest BCUT2D eigenvalue weighted by atomic mass is 9.95. The first-order valence-corrected chi connectivity index (χ1v) is 10.3. The summed E-state index contributed by atoms with van der Waals surface area (Å²) >= 11 is 6.34. The Balaban J connectivity index is 1.44. The van der Waals surface area contributed by atoms with Gasteiger partial charge in [0.25, 0.3) is 0 Å². The van der Waals surface area contributed by atoms with Gasteiger partial charge in [0.2, 0.25) is 0 Å². The van der Waals surface area contributed by atoms with Crippen molar-refractivity contribution in [2.24, 2.45) is 5.92 Å². The Hall–Kier alpha value is -2.20. The van der Waals surface area contributed by atoms with Crippen LogP contribution in [0.4, 0.5) is 0 Å². The summed E-state index contributed by atoms with van der Waals surface area (Å²) in [6.07, 6.45) is 6.10. The van der Waals surface area contributed by atoms with Crippen LogP contribution in [0.25, 0.3) is 0 Å². The summed E-state index contributed by atoms with van der Waals surface area (Å²) in [5, 5.41) is 9.75. The molecule has 0 radical (unpaired) electrons. The number of hydrogen-bond donors (Lipinski definition) is 1. The fourth-order valence-corrected chi connectivity index (χ4v) is 4.57. The maximum atomic E-state index is 11.0. The molecule has 1 atom stereocenters. The highest BCUT2D eigenvalue weighted by Gasteiger charge is 2.42. The third-order valence-electron chi connectivity index (χ3n) is 5.83. The predicted octanol–water partition coefficient (Wildman–Crippen LogP) is 5.43. The first-order valence-electron chi connectivity index (χ1n) is 9.89. The fraction of sp³-hybridized carbons (Fsp3) is 0.435. The van der Waals surface area contributed by atoms with Crippen LogP contribution >= 0.6 is 11.6 Å². The summed E-state index contributed by atoms with van der Waals surface area (Å²) in [6.45, 7) is 2.10. The molecule has 2 aromatic rings. The van der Waals surface area contributed by atoms with Crippen molar-refractivity contribution in [3.8, 4) is 11.5 Å². The van der Waals surface area contributed by atoms with Gasteiger partial charge in [-0.15, -0.1) is 0 Å². The van der Waals surface area contributed by atoms with Crippen LogP contribution in [-0.4, -0.2) is 16.7 Å². The SMILES string of the molecule is CC(Cc1ccc(OCc2cc(Cl)cc3c2OC2(CCCC2)C3)cc1)C(=O)O. The molecule has 2 aromatic carbocycles. The molecule has 1 N–H and O–H groups in total. The van der Waals surface area contributed by atoms with E-state index in [-0.39, 0.29) is 5.60 Å². The largest absolute Gasteiger partial charge is 0.489 e. The molecular formula is C23H25ClO4. The van der Waals surface area contributed by atoms with Crippen molar-refractivity contribution < 1.29 is 19.4 Å². The van der Waals surface area contributed by atoms with E-state index < -0.39 is 11.9 Å². The van der Waals surface area contributed by atoms with E-state index in [4.69, 9.17) is 26.2 Å². The minimum Gasteiger partial charge on any atom is -0.489 e. The number of fused-ring (bicyclic) bond motifs is 1. The standard InChI is InChI=1S/C23H25ClO4/c1-15(22(25)26)10-16-4-6-20(7-5-16)27-14-18-12-19(24)11-17-13-23(28-21(17)18)8-2-3-9-23/h4-7,11-12,15H,2-3,8-10,13-14H2,1H3,(H,25,26). The Kier molecular flexibility index (Phi) is 5.24. The number of benzene rings is 2. The smallest absolute Gasteiger partial charge is 0.306 e. The lowest BCUT2D eigenvalue weighted by Gasteiger charge is -2.23. The Morgan fingerprint density at radius 1 is 1.25 bits per heavy atom. The van der Waals surface area contributed by atoms with Crippen LogP contribution < -0.4 is 9.47 Å². The van der Waals surface area contributed by atoms with Crippen LogP contribution in [0.15, 0.2) is 36.4 Å².